The highest BCUT2D eigenvalue weighted by atomic mass is 16.2. The number of aromatic nitrogens is 4. The highest BCUT2D eigenvalue weighted by Crippen LogP contribution is 2.41. The van der Waals surface area contributed by atoms with Crippen LogP contribution in [-0.4, -0.2) is 25.4 Å². The first kappa shape index (κ1) is 19.2. The van der Waals surface area contributed by atoms with Gasteiger partial charge in [0.2, 0.25) is 5.91 Å². The molecule has 0 saturated heterocycles. The Hall–Kier alpha value is -3.16. The summed E-state index contributed by atoms with van der Waals surface area (Å²) < 4.78 is 1.28. The fraction of sp³-hybridized carbons (Fsp3) is 0.429. The molecule has 2 aromatic heterocycles. The summed E-state index contributed by atoms with van der Waals surface area (Å²) in [6, 6.07) is 8.29. The van der Waals surface area contributed by atoms with Crippen LogP contribution in [0.3, 0.4) is 0 Å². The maximum absolute atomic E-state index is 12.6. The zero-order valence-corrected chi connectivity index (χ0v) is 16.8. The molecule has 0 spiro atoms. The molecule has 1 aliphatic rings. The minimum absolute atomic E-state index is 0.00561. The van der Waals surface area contributed by atoms with E-state index in [1.165, 1.54) is 15.7 Å². The first-order valence-electron chi connectivity index (χ1n) is 9.83. The Bertz CT molecular complexity index is 1200. The van der Waals surface area contributed by atoms with Gasteiger partial charge in [-0.05, 0) is 29.4 Å². The van der Waals surface area contributed by atoms with Crippen LogP contribution in [0.15, 0.2) is 33.9 Å². The molecule has 0 saturated carbocycles. The number of amides is 1. The number of hydrogen-bond acceptors (Lipinski definition) is 4. The lowest BCUT2D eigenvalue weighted by atomic mass is 9.71. The lowest BCUT2D eigenvalue weighted by Gasteiger charge is -2.37. The Morgan fingerprint density at radius 1 is 1.28 bits per heavy atom. The molecule has 0 radical (unpaired) electrons. The van der Waals surface area contributed by atoms with E-state index >= 15 is 0 Å². The van der Waals surface area contributed by atoms with Crippen molar-refractivity contribution in [1.82, 2.24) is 24.8 Å². The number of aryl methyl sites for hydroxylation is 2. The van der Waals surface area contributed by atoms with Gasteiger partial charge in [0.05, 0.1) is 6.04 Å². The molecule has 3 aromatic rings. The van der Waals surface area contributed by atoms with Gasteiger partial charge in [0, 0.05) is 19.9 Å². The van der Waals surface area contributed by atoms with Gasteiger partial charge < -0.3 is 10.3 Å². The van der Waals surface area contributed by atoms with Crippen molar-refractivity contribution in [3.8, 4) is 0 Å². The monoisotopic (exact) mass is 395 g/mol. The molecule has 1 aromatic carbocycles. The summed E-state index contributed by atoms with van der Waals surface area (Å²) in [5.74, 6) is 0.444. The van der Waals surface area contributed by atoms with E-state index < -0.39 is 11.2 Å². The zero-order chi connectivity index (χ0) is 20.8. The normalized spacial score (nSPS) is 17.8. The van der Waals surface area contributed by atoms with Crippen molar-refractivity contribution in [3.05, 3.63) is 62.1 Å². The average Bonchev–Trinajstić information content (AvgIpc) is 3.12. The number of H-pyrrole nitrogens is 2. The van der Waals surface area contributed by atoms with Gasteiger partial charge in [-0.15, -0.1) is 0 Å². The number of imidazole rings is 1. The topological polar surface area (TPSA) is 113 Å². The number of rotatable bonds is 4. The second-order valence-electron chi connectivity index (χ2n) is 8.33. The Kier molecular flexibility index (Phi) is 4.64. The first-order chi connectivity index (χ1) is 13.8. The van der Waals surface area contributed by atoms with Crippen molar-refractivity contribution in [2.75, 3.05) is 0 Å². The second kappa shape index (κ2) is 7.02. The van der Waals surface area contributed by atoms with Crippen LogP contribution in [0.2, 0.25) is 0 Å². The third-order valence-corrected chi connectivity index (χ3v) is 5.85. The van der Waals surface area contributed by atoms with Gasteiger partial charge in [0.25, 0.3) is 5.56 Å². The van der Waals surface area contributed by atoms with Crippen LogP contribution in [0.4, 0.5) is 0 Å². The van der Waals surface area contributed by atoms with Crippen molar-refractivity contribution in [2.24, 2.45) is 7.05 Å². The van der Waals surface area contributed by atoms with Crippen LogP contribution >= 0.6 is 0 Å². The molecule has 29 heavy (non-hydrogen) atoms. The van der Waals surface area contributed by atoms with E-state index in [4.69, 9.17) is 0 Å². The predicted molar refractivity (Wildman–Crippen MR) is 110 cm³/mol. The molecule has 0 aliphatic heterocycles. The number of benzene rings is 1. The maximum Gasteiger partial charge on any atom is 0.329 e. The Morgan fingerprint density at radius 2 is 2.03 bits per heavy atom. The summed E-state index contributed by atoms with van der Waals surface area (Å²) in [4.78, 5) is 45.7. The molecule has 1 amide bonds. The van der Waals surface area contributed by atoms with Crippen molar-refractivity contribution in [3.63, 3.8) is 0 Å². The molecular formula is C21H25N5O3. The molecule has 152 valence electrons. The molecule has 2 heterocycles. The lowest BCUT2D eigenvalue weighted by molar-refractivity contribution is -0.122. The minimum atomic E-state index is -0.516. The quantitative estimate of drug-likeness (QED) is 0.625. The van der Waals surface area contributed by atoms with E-state index in [-0.39, 0.29) is 34.9 Å². The van der Waals surface area contributed by atoms with E-state index in [1.807, 2.05) is 12.1 Å². The largest absolute Gasteiger partial charge is 0.349 e. The molecule has 1 atom stereocenters. The highest BCUT2D eigenvalue weighted by Gasteiger charge is 2.32. The maximum atomic E-state index is 12.6. The number of carbonyl (C=O) groups excluding carboxylic acids is 1. The van der Waals surface area contributed by atoms with Gasteiger partial charge >= 0.3 is 5.69 Å². The summed E-state index contributed by atoms with van der Waals surface area (Å²) in [5.41, 5.74) is 2.08. The molecule has 0 fully saturated rings. The molecule has 4 rings (SSSR count). The fourth-order valence-electron chi connectivity index (χ4n) is 4.13. The van der Waals surface area contributed by atoms with E-state index in [0.717, 1.165) is 12.8 Å². The van der Waals surface area contributed by atoms with Gasteiger partial charge in [-0.1, -0.05) is 38.1 Å². The molecule has 8 heteroatoms. The van der Waals surface area contributed by atoms with Crippen molar-refractivity contribution in [1.29, 1.82) is 0 Å². The third-order valence-electron chi connectivity index (χ3n) is 5.85. The van der Waals surface area contributed by atoms with E-state index in [2.05, 4.69) is 46.2 Å². The first-order valence-corrected chi connectivity index (χ1v) is 9.83. The third kappa shape index (κ3) is 3.50. The van der Waals surface area contributed by atoms with Gasteiger partial charge in [0.1, 0.15) is 11.3 Å². The Labute approximate surface area is 167 Å². The molecule has 1 unspecified atom stereocenters. The van der Waals surface area contributed by atoms with Gasteiger partial charge in [0.15, 0.2) is 5.65 Å². The number of nitrogens with zero attached hydrogens (tertiary/aromatic N) is 2. The molecule has 8 nitrogen and oxygen atoms in total. The molecule has 1 aliphatic carbocycles. The van der Waals surface area contributed by atoms with Crippen LogP contribution in [0, 0.1) is 0 Å². The smallest absolute Gasteiger partial charge is 0.329 e. The number of aromatic amines is 2. The average molecular weight is 395 g/mol. The second-order valence-corrected chi connectivity index (χ2v) is 8.33. The van der Waals surface area contributed by atoms with Crippen LogP contribution in [0.25, 0.3) is 11.2 Å². The fourth-order valence-corrected chi connectivity index (χ4v) is 4.13. The number of hydrogen-bond donors (Lipinski definition) is 3. The van der Waals surface area contributed by atoms with Crippen LogP contribution in [-0.2, 0) is 23.7 Å². The van der Waals surface area contributed by atoms with Crippen LogP contribution in [0.1, 0.15) is 56.1 Å². The zero-order valence-electron chi connectivity index (χ0n) is 16.8. The molecule has 0 bridgehead atoms. The van der Waals surface area contributed by atoms with Gasteiger partial charge in [-0.2, -0.15) is 0 Å². The molecule has 3 N–H and O–H groups in total. The standard InChI is InChI=1S/C21H25N5O3/c1-21(2)11-10-14(12-6-4-5-7-13(12)21)22-16(27)9-8-15-23-17-18(24-15)26(3)20(29)25-19(17)28/h4-7,14H,8-11H2,1-3H3,(H,22,27)(H,23,24)(H,25,28,29). The van der Waals surface area contributed by atoms with Crippen molar-refractivity contribution < 1.29 is 4.79 Å². The van der Waals surface area contributed by atoms with E-state index in [9.17, 15) is 14.4 Å². The number of nitrogens with one attached hydrogen (secondary N) is 3. The van der Waals surface area contributed by atoms with E-state index in [1.54, 1.807) is 7.05 Å². The predicted octanol–water partition coefficient (Wildman–Crippen LogP) is 1.81. The minimum Gasteiger partial charge on any atom is -0.349 e. The Balaban J connectivity index is 1.47. The highest BCUT2D eigenvalue weighted by molar-refractivity contribution is 5.77. The van der Waals surface area contributed by atoms with Crippen LogP contribution < -0.4 is 16.6 Å². The summed E-state index contributed by atoms with van der Waals surface area (Å²) in [7, 11) is 1.54. The van der Waals surface area contributed by atoms with Crippen molar-refractivity contribution >= 4 is 17.1 Å². The van der Waals surface area contributed by atoms with Crippen LogP contribution in [0.5, 0.6) is 0 Å². The van der Waals surface area contributed by atoms with Gasteiger partial charge in [-0.3, -0.25) is 19.1 Å². The van der Waals surface area contributed by atoms with Gasteiger partial charge in [-0.25, -0.2) is 9.78 Å². The van der Waals surface area contributed by atoms with Crippen molar-refractivity contribution in [2.45, 2.75) is 51.0 Å². The molecular weight excluding hydrogens is 370 g/mol. The SMILES string of the molecule is Cn1c(=O)[nH]c(=O)c2[nH]c(CCC(=O)NC3CCC(C)(C)c4ccccc43)nc21. The lowest BCUT2D eigenvalue weighted by Crippen LogP contribution is -2.35. The number of fused-ring (bicyclic) bond motifs is 2. The van der Waals surface area contributed by atoms with E-state index in [0.29, 0.717) is 12.2 Å². The summed E-state index contributed by atoms with van der Waals surface area (Å²) in [6.07, 6.45) is 2.51. The summed E-state index contributed by atoms with van der Waals surface area (Å²) >= 11 is 0. The summed E-state index contributed by atoms with van der Waals surface area (Å²) in [6.45, 7) is 4.47. The number of carbonyl (C=O) groups is 1. The summed E-state index contributed by atoms with van der Waals surface area (Å²) in [5, 5.41) is 3.15. The Morgan fingerprint density at radius 3 is 2.83 bits per heavy atom.